The number of nitrogens with one attached hydrogen (secondary N) is 1. The summed E-state index contributed by atoms with van der Waals surface area (Å²) in [6.45, 7) is 1.87. The molecule has 1 aliphatic carbocycles. The molecule has 0 radical (unpaired) electrons. The molecule has 7 heteroatoms. The standard InChI is InChI=1S/C13H20BrN3O2S/c1-10-8-11(9-15-13(10)14)16-20(18,19)17(2)12-6-4-3-5-7-12/h8-9,12,16H,3-7H2,1-2H3. The zero-order valence-corrected chi connectivity index (χ0v) is 14.2. The molecule has 0 atom stereocenters. The third-order valence-corrected chi connectivity index (χ3v) is 6.11. The molecular formula is C13H20BrN3O2S. The van der Waals surface area contributed by atoms with Crippen molar-refractivity contribution in [2.45, 2.75) is 45.1 Å². The fraction of sp³-hybridized carbons (Fsp3) is 0.615. The normalized spacial score (nSPS) is 17.4. The molecule has 1 aliphatic rings. The van der Waals surface area contributed by atoms with Crippen molar-refractivity contribution in [2.75, 3.05) is 11.8 Å². The van der Waals surface area contributed by atoms with E-state index in [-0.39, 0.29) is 6.04 Å². The van der Waals surface area contributed by atoms with Crippen molar-refractivity contribution in [3.8, 4) is 0 Å². The molecule has 0 unspecified atom stereocenters. The predicted molar refractivity (Wildman–Crippen MR) is 83.9 cm³/mol. The van der Waals surface area contributed by atoms with Gasteiger partial charge in [-0.15, -0.1) is 0 Å². The van der Waals surface area contributed by atoms with Crippen molar-refractivity contribution in [1.29, 1.82) is 0 Å². The summed E-state index contributed by atoms with van der Waals surface area (Å²) in [5.74, 6) is 0. The highest BCUT2D eigenvalue weighted by atomic mass is 79.9. The van der Waals surface area contributed by atoms with Crippen molar-refractivity contribution >= 4 is 31.8 Å². The maximum atomic E-state index is 12.4. The van der Waals surface area contributed by atoms with E-state index in [4.69, 9.17) is 0 Å². The second kappa shape index (κ2) is 6.41. The first-order valence-corrected chi connectivity index (χ1v) is 9.01. The minimum atomic E-state index is -3.51. The zero-order valence-electron chi connectivity index (χ0n) is 11.8. The number of aryl methyl sites for hydroxylation is 1. The molecule has 20 heavy (non-hydrogen) atoms. The molecule has 0 amide bonds. The molecule has 0 saturated heterocycles. The average Bonchev–Trinajstić information content (AvgIpc) is 2.43. The molecule has 2 rings (SSSR count). The Morgan fingerprint density at radius 1 is 1.35 bits per heavy atom. The van der Waals surface area contributed by atoms with Gasteiger partial charge in [0.15, 0.2) is 0 Å². The number of hydrogen-bond donors (Lipinski definition) is 1. The van der Waals surface area contributed by atoms with E-state index in [1.807, 2.05) is 6.92 Å². The molecule has 1 heterocycles. The van der Waals surface area contributed by atoms with Crippen LogP contribution in [-0.2, 0) is 10.2 Å². The van der Waals surface area contributed by atoms with E-state index in [0.717, 1.165) is 35.8 Å². The molecule has 1 aromatic heterocycles. The smallest absolute Gasteiger partial charge is 0.269 e. The van der Waals surface area contributed by atoms with Crippen LogP contribution in [0.5, 0.6) is 0 Å². The van der Waals surface area contributed by atoms with Crippen molar-refractivity contribution in [1.82, 2.24) is 9.29 Å². The Hall–Kier alpha value is -0.660. The number of nitrogens with zero attached hydrogens (tertiary/aromatic N) is 2. The number of halogens is 1. The number of rotatable bonds is 4. The summed E-state index contributed by atoms with van der Waals surface area (Å²) in [5, 5.41) is 0. The fourth-order valence-corrected chi connectivity index (χ4v) is 3.85. The summed E-state index contributed by atoms with van der Waals surface area (Å²) < 4.78 is 29.5. The summed E-state index contributed by atoms with van der Waals surface area (Å²) in [6, 6.07) is 1.87. The van der Waals surface area contributed by atoms with Gasteiger partial charge in [0.2, 0.25) is 0 Å². The minimum Gasteiger partial charge on any atom is -0.269 e. The highest BCUT2D eigenvalue weighted by Gasteiger charge is 2.27. The lowest BCUT2D eigenvalue weighted by atomic mass is 9.96. The van der Waals surface area contributed by atoms with Gasteiger partial charge in [0.1, 0.15) is 4.60 Å². The molecule has 1 saturated carbocycles. The number of pyridine rings is 1. The van der Waals surface area contributed by atoms with Gasteiger partial charge in [0, 0.05) is 13.1 Å². The quantitative estimate of drug-likeness (QED) is 0.838. The third kappa shape index (κ3) is 3.71. The Bertz CT molecular complexity index is 571. The lowest BCUT2D eigenvalue weighted by molar-refractivity contribution is 0.287. The second-order valence-corrected chi connectivity index (χ2v) is 7.73. The van der Waals surface area contributed by atoms with Gasteiger partial charge in [-0.25, -0.2) is 4.98 Å². The maximum Gasteiger partial charge on any atom is 0.301 e. The van der Waals surface area contributed by atoms with Crippen LogP contribution in [0.25, 0.3) is 0 Å². The lowest BCUT2D eigenvalue weighted by Crippen LogP contribution is -2.41. The Morgan fingerprint density at radius 2 is 2.00 bits per heavy atom. The fourth-order valence-electron chi connectivity index (χ4n) is 2.48. The van der Waals surface area contributed by atoms with Crippen LogP contribution in [0.3, 0.4) is 0 Å². The van der Waals surface area contributed by atoms with E-state index in [1.165, 1.54) is 16.9 Å². The van der Waals surface area contributed by atoms with Crippen LogP contribution in [0.15, 0.2) is 16.9 Å². The Balaban J connectivity index is 2.11. The molecule has 1 aromatic rings. The van der Waals surface area contributed by atoms with E-state index >= 15 is 0 Å². The van der Waals surface area contributed by atoms with Gasteiger partial charge in [-0.05, 0) is 47.3 Å². The summed E-state index contributed by atoms with van der Waals surface area (Å²) in [5.41, 5.74) is 1.39. The number of anilines is 1. The Kier molecular flexibility index (Phi) is 5.04. The first-order valence-electron chi connectivity index (χ1n) is 6.78. The molecular weight excluding hydrogens is 342 g/mol. The number of hydrogen-bond acceptors (Lipinski definition) is 3. The minimum absolute atomic E-state index is 0.103. The monoisotopic (exact) mass is 361 g/mol. The van der Waals surface area contributed by atoms with Crippen LogP contribution in [0.1, 0.15) is 37.7 Å². The van der Waals surface area contributed by atoms with Crippen LogP contribution in [0.2, 0.25) is 0 Å². The average molecular weight is 362 g/mol. The van der Waals surface area contributed by atoms with Crippen LogP contribution in [-0.4, -0.2) is 30.8 Å². The molecule has 1 fully saturated rings. The highest BCUT2D eigenvalue weighted by molar-refractivity contribution is 9.10. The molecule has 112 valence electrons. The molecule has 5 nitrogen and oxygen atoms in total. The third-order valence-electron chi connectivity index (χ3n) is 3.73. The van der Waals surface area contributed by atoms with Crippen LogP contribution >= 0.6 is 15.9 Å². The predicted octanol–water partition coefficient (Wildman–Crippen LogP) is 3.07. The zero-order chi connectivity index (χ0) is 14.8. The van der Waals surface area contributed by atoms with E-state index in [9.17, 15) is 8.42 Å². The molecule has 0 bridgehead atoms. The molecule has 0 aliphatic heterocycles. The number of aromatic nitrogens is 1. The Labute approximate surface area is 129 Å². The Morgan fingerprint density at radius 3 is 2.60 bits per heavy atom. The largest absolute Gasteiger partial charge is 0.301 e. The van der Waals surface area contributed by atoms with Gasteiger partial charge in [-0.1, -0.05) is 19.3 Å². The van der Waals surface area contributed by atoms with Crippen molar-refractivity contribution in [3.63, 3.8) is 0 Å². The van der Waals surface area contributed by atoms with Gasteiger partial charge < -0.3 is 0 Å². The first kappa shape index (κ1) is 15.7. The molecule has 0 aromatic carbocycles. The van der Waals surface area contributed by atoms with Crippen molar-refractivity contribution < 1.29 is 8.42 Å². The van der Waals surface area contributed by atoms with E-state index in [2.05, 4.69) is 25.6 Å². The summed E-state index contributed by atoms with van der Waals surface area (Å²) in [6.07, 6.45) is 6.80. The summed E-state index contributed by atoms with van der Waals surface area (Å²) in [4.78, 5) is 4.11. The first-order chi connectivity index (χ1) is 9.40. The van der Waals surface area contributed by atoms with Crippen molar-refractivity contribution in [2.24, 2.45) is 0 Å². The summed E-state index contributed by atoms with van der Waals surface area (Å²) >= 11 is 3.30. The van der Waals surface area contributed by atoms with Crippen LogP contribution in [0.4, 0.5) is 5.69 Å². The van der Waals surface area contributed by atoms with E-state index < -0.39 is 10.2 Å². The van der Waals surface area contributed by atoms with Gasteiger partial charge >= 0.3 is 10.2 Å². The van der Waals surface area contributed by atoms with Crippen LogP contribution < -0.4 is 4.72 Å². The summed E-state index contributed by atoms with van der Waals surface area (Å²) in [7, 11) is -1.86. The maximum absolute atomic E-state index is 12.4. The SMILES string of the molecule is Cc1cc(NS(=O)(=O)N(C)C2CCCCC2)cnc1Br. The topological polar surface area (TPSA) is 62.3 Å². The van der Waals surface area contributed by atoms with E-state index in [0.29, 0.717) is 5.69 Å². The van der Waals surface area contributed by atoms with E-state index in [1.54, 1.807) is 13.1 Å². The highest BCUT2D eigenvalue weighted by Crippen LogP contribution is 2.24. The van der Waals surface area contributed by atoms with Crippen LogP contribution in [0, 0.1) is 6.92 Å². The molecule has 0 spiro atoms. The van der Waals surface area contributed by atoms with Gasteiger partial charge in [0.05, 0.1) is 11.9 Å². The molecule has 1 N–H and O–H groups in total. The lowest BCUT2D eigenvalue weighted by Gasteiger charge is -2.30. The van der Waals surface area contributed by atoms with Crippen molar-refractivity contribution in [3.05, 3.63) is 22.4 Å². The van der Waals surface area contributed by atoms with Gasteiger partial charge in [-0.2, -0.15) is 12.7 Å². The van der Waals surface area contributed by atoms with Gasteiger partial charge in [-0.3, -0.25) is 4.72 Å². The second-order valence-electron chi connectivity index (χ2n) is 5.25. The van der Waals surface area contributed by atoms with Gasteiger partial charge in [0.25, 0.3) is 0 Å².